The van der Waals surface area contributed by atoms with Crippen LogP contribution < -0.4 is 5.32 Å². The molecule has 0 aliphatic carbocycles. The standard InChI is InChI=1S/C12H17NO6/c14-6-8(15)9(16)10(17)11(18)12(19)13-7-4-2-1-3-5-7/h1-5,8-11,14-18H,6H2,(H,13,19)/t8-,9-,10+,11-/m1/s1. The molecule has 7 heteroatoms. The number of aliphatic hydroxyl groups excluding tert-OH is 5. The van der Waals surface area contributed by atoms with Gasteiger partial charge in [0.1, 0.15) is 18.3 Å². The molecular formula is C12H17NO6. The van der Waals surface area contributed by atoms with Crippen molar-refractivity contribution in [2.24, 2.45) is 0 Å². The molecule has 1 rings (SSSR count). The number of nitrogens with one attached hydrogen (secondary N) is 1. The molecule has 0 saturated carbocycles. The molecule has 0 unspecified atom stereocenters. The lowest BCUT2D eigenvalue weighted by Gasteiger charge is -2.24. The van der Waals surface area contributed by atoms with Crippen LogP contribution in [0.3, 0.4) is 0 Å². The average Bonchev–Trinajstić information content (AvgIpc) is 2.44. The van der Waals surface area contributed by atoms with Crippen molar-refractivity contribution in [1.82, 2.24) is 0 Å². The molecule has 106 valence electrons. The highest BCUT2D eigenvalue weighted by molar-refractivity contribution is 5.94. The number of carbonyl (C=O) groups is 1. The van der Waals surface area contributed by atoms with E-state index < -0.39 is 36.9 Å². The van der Waals surface area contributed by atoms with Gasteiger partial charge in [-0.1, -0.05) is 18.2 Å². The van der Waals surface area contributed by atoms with E-state index in [-0.39, 0.29) is 0 Å². The quantitative estimate of drug-likeness (QED) is 0.357. The fourth-order valence-corrected chi connectivity index (χ4v) is 1.42. The first kappa shape index (κ1) is 15.5. The van der Waals surface area contributed by atoms with Crippen LogP contribution in [0.1, 0.15) is 0 Å². The second-order valence-corrected chi connectivity index (χ2v) is 4.03. The number of benzene rings is 1. The molecule has 1 aromatic rings. The van der Waals surface area contributed by atoms with Gasteiger partial charge < -0.3 is 30.8 Å². The van der Waals surface area contributed by atoms with Gasteiger partial charge in [-0.25, -0.2) is 0 Å². The number of rotatable bonds is 6. The van der Waals surface area contributed by atoms with Crippen LogP contribution in [-0.2, 0) is 4.79 Å². The molecule has 0 fully saturated rings. The molecule has 0 aliphatic heterocycles. The van der Waals surface area contributed by atoms with Gasteiger partial charge in [0, 0.05) is 5.69 Å². The summed E-state index contributed by atoms with van der Waals surface area (Å²) in [5.74, 6) is -0.928. The normalized spacial score (nSPS) is 17.3. The van der Waals surface area contributed by atoms with Gasteiger partial charge >= 0.3 is 0 Å². The lowest BCUT2D eigenvalue weighted by molar-refractivity contribution is -0.144. The minimum absolute atomic E-state index is 0.413. The summed E-state index contributed by atoms with van der Waals surface area (Å²) in [6.45, 7) is -0.800. The Kier molecular flexibility index (Phi) is 5.87. The molecule has 0 radical (unpaired) electrons. The number of amides is 1. The molecule has 0 saturated heterocycles. The molecular weight excluding hydrogens is 254 g/mol. The van der Waals surface area contributed by atoms with Gasteiger partial charge in [0.15, 0.2) is 6.10 Å². The number of hydrogen-bond donors (Lipinski definition) is 6. The zero-order valence-corrected chi connectivity index (χ0v) is 10.0. The van der Waals surface area contributed by atoms with E-state index in [4.69, 9.17) is 10.2 Å². The van der Waals surface area contributed by atoms with Crippen molar-refractivity contribution in [3.8, 4) is 0 Å². The Morgan fingerprint density at radius 2 is 1.63 bits per heavy atom. The minimum Gasteiger partial charge on any atom is -0.394 e. The van der Waals surface area contributed by atoms with Gasteiger partial charge in [0.25, 0.3) is 5.91 Å². The third kappa shape index (κ3) is 4.27. The highest BCUT2D eigenvalue weighted by Gasteiger charge is 2.34. The summed E-state index contributed by atoms with van der Waals surface area (Å²) in [4.78, 5) is 11.6. The lowest BCUT2D eigenvalue weighted by Crippen LogP contribution is -2.50. The molecule has 0 spiro atoms. The fraction of sp³-hybridized carbons (Fsp3) is 0.417. The molecule has 19 heavy (non-hydrogen) atoms. The van der Waals surface area contributed by atoms with Crippen LogP contribution in [0.5, 0.6) is 0 Å². The van der Waals surface area contributed by atoms with Gasteiger partial charge in [-0.2, -0.15) is 0 Å². The summed E-state index contributed by atoms with van der Waals surface area (Å²) >= 11 is 0. The first-order valence-electron chi connectivity index (χ1n) is 5.66. The Bertz CT molecular complexity index is 398. The van der Waals surface area contributed by atoms with Crippen LogP contribution in [0.2, 0.25) is 0 Å². The van der Waals surface area contributed by atoms with Crippen LogP contribution in [-0.4, -0.2) is 62.5 Å². The first-order valence-corrected chi connectivity index (χ1v) is 5.66. The van der Waals surface area contributed by atoms with Crippen molar-refractivity contribution in [3.63, 3.8) is 0 Å². The van der Waals surface area contributed by atoms with Crippen molar-refractivity contribution in [2.45, 2.75) is 24.4 Å². The van der Waals surface area contributed by atoms with E-state index in [0.29, 0.717) is 5.69 Å². The molecule has 1 aromatic carbocycles. The number of para-hydroxylation sites is 1. The van der Waals surface area contributed by atoms with Crippen LogP contribution in [0.4, 0.5) is 5.69 Å². The number of anilines is 1. The summed E-state index contributed by atoms with van der Waals surface area (Å²) in [6.07, 6.45) is -7.32. The highest BCUT2D eigenvalue weighted by atomic mass is 16.4. The Morgan fingerprint density at radius 1 is 1.05 bits per heavy atom. The van der Waals surface area contributed by atoms with Crippen molar-refractivity contribution < 1.29 is 30.3 Å². The zero-order chi connectivity index (χ0) is 14.4. The van der Waals surface area contributed by atoms with E-state index in [2.05, 4.69) is 5.32 Å². The topological polar surface area (TPSA) is 130 Å². The lowest BCUT2D eigenvalue weighted by atomic mass is 10.0. The van der Waals surface area contributed by atoms with Gasteiger partial charge in [0.05, 0.1) is 6.61 Å². The molecule has 7 nitrogen and oxygen atoms in total. The maximum absolute atomic E-state index is 11.6. The Labute approximate surface area is 109 Å². The third-order valence-electron chi connectivity index (χ3n) is 2.56. The Morgan fingerprint density at radius 3 is 2.16 bits per heavy atom. The van der Waals surface area contributed by atoms with E-state index in [1.165, 1.54) is 0 Å². The number of hydrogen-bond acceptors (Lipinski definition) is 6. The van der Waals surface area contributed by atoms with E-state index in [9.17, 15) is 20.1 Å². The predicted octanol–water partition coefficient (Wildman–Crippen LogP) is -1.94. The Balaban J connectivity index is 2.61. The maximum atomic E-state index is 11.6. The average molecular weight is 271 g/mol. The predicted molar refractivity (Wildman–Crippen MR) is 66.2 cm³/mol. The van der Waals surface area contributed by atoms with E-state index in [0.717, 1.165) is 0 Å². The zero-order valence-electron chi connectivity index (χ0n) is 10.0. The number of carbonyl (C=O) groups excluding carboxylic acids is 1. The van der Waals surface area contributed by atoms with Crippen molar-refractivity contribution >= 4 is 11.6 Å². The molecule has 0 heterocycles. The summed E-state index contributed by atoms with van der Waals surface area (Å²) in [5, 5.41) is 48.5. The minimum atomic E-state index is -1.93. The van der Waals surface area contributed by atoms with Crippen LogP contribution in [0.25, 0.3) is 0 Å². The third-order valence-corrected chi connectivity index (χ3v) is 2.56. The van der Waals surface area contributed by atoms with Crippen LogP contribution in [0.15, 0.2) is 30.3 Å². The van der Waals surface area contributed by atoms with Crippen LogP contribution >= 0.6 is 0 Å². The Hall–Kier alpha value is -1.51. The molecule has 0 bridgehead atoms. The second-order valence-electron chi connectivity index (χ2n) is 4.03. The van der Waals surface area contributed by atoms with Gasteiger partial charge in [-0.05, 0) is 12.1 Å². The number of aliphatic hydroxyl groups is 5. The van der Waals surface area contributed by atoms with E-state index in [1.54, 1.807) is 30.3 Å². The van der Waals surface area contributed by atoms with E-state index >= 15 is 0 Å². The molecule has 0 aliphatic rings. The first-order chi connectivity index (χ1) is 8.97. The summed E-state index contributed by atoms with van der Waals surface area (Å²) in [6, 6.07) is 8.24. The van der Waals surface area contributed by atoms with Crippen LogP contribution in [0, 0.1) is 0 Å². The molecule has 4 atom stereocenters. The SMILES string of the molecule is O=C(Nc1ccccc1)[C@H](O)[C@@H](O)[C@H](O)[C@H](O)CO. The fourth-order valence-electron chi connectivity index (χ4n) is 1.42. The van der Waals surface area contributed by atoms with E-state index in [1.807, 2.05) is 0 Å². The largest absolute Gasteiger partial charge is 0.394 e. The highest BCUT2D eigenvalue weighted by Crippen LogP contribution is 2.09. The van der Waals surface area contributed by atoms with Crippen molar-refractivity contribution in [1.29, 1.82) is 0 Å². The molecule has 6 N–H and O–H groups in total. The smallest absolute Gasteiger partial charge is 0.256 e. The molecule has 0 aromatic heterocycles. The maximum Gasteiger partial charge on any atom is 0.256 e. The summed E-state index contributed by atoms with van der Waals surface area (Å²) in [5.41, 5.74) is 0.413. The summed E-state index contributed by atoms with van der Waals surface area (Å²) in [7, 11) is 0. The molecule has 1 amide bonds. The second kappa shape index (κ2) is 7.17. The van der Waals surface area contributed by atoms with Crippen molar-refractivity contribution in [3.05, 3.63) is 30.3 Å². The monoisotopic (exact) mass is 271 g/mol. The van der Waals surface area contributed by atoms with Gasteiger partial charge in [-0.3, -0.25) is 4.79 Å². The summed E-state index contributed by atoms with van der Waals surface area (Å²) < 4.78 is 0. The van der Waals surface area contributed by atoms with Gasteiger partial charge in [-0.15, -0.1) is 0 Å². The van der Waals surface area contributed by atoms with Crippen molar-refractivity contribution in [2.75, 3.05) is 11.9 Å². The van der Waals surface area contributed by atoms with Gasteiger partial charge in [0.2, 0.25) is 0 Å².